The van der Waals surface area contributed by atoms with Crippen LogP contribution in [-0.4, -0.2) is 12.4 Å². The number of alkyl halides is 2. The summed E-state index contributed by atoms with van der Waals surface area (Å²) < 4.78 is 28.6. The average molecular weight is 290 g/mol. The van der Waals surface area contributed by atoms with Crippen LogP contribution in [0.3, 0.4) is 0 Å². The molecule has 0 aliphatic carbocycles. The predicted octanol–water partition coefficient (Wildman–Crippen LogP) is 3.12. The van der Waals surface area contributed by atoms with Crippen LogP contribution in [0.5, 0.6) is 5.75 Å². The number of rotatable bonds is 3. The molecule has 16 heavy (non-hydrogen) atoms. The number of hydrogen-bond donors (Lipinski definition) is 0. The van der Waals surface area contributed by atoms with Crippen LogP contribution in [0.25, 0.3) is 0 Å². The molecule has 0 atom stereocenters. The minimum Gasteiger partial charge on any atom is -0.433 e. The lowest BCUT2D eigenvalue weighted by atomic mass is 10.1. The maximum absolute atomic E-state index is 12.0. The molecule has 0 unspecified atom stereocenters. The number of carbonyl (C=O) groups is 1. The third kappa shape index (κ3) is 2.76. The van der Waals surface area contributed by atoms with Gasteiger partial charge in [-0.05, 0) is 35.0 Å². The Morgan fingerprint density at radius 2 is 2.19 bits per heavy atom. The normalized spacial score (nSPS) is 10.0. The molecule has 0 fully saturated rings. The van der Waals surface area contributed by atoms with E-state index in [4.69, 9.17) is 5.26 Å². The Labute approximate surface area is 98.8 Å². The zero-order valence-electron chi connectivity index (χ0n) is 8.13. The van der Waals surface area contributed by atoms with Crippen molar-refractivity contribution in [2.75, 3.05) is 0 Å². The van der Waals surface area contributed by atoms with E-state index in [-0.39, 0.29) is 22.7 Å². The van der Waals surface area contributed by atoms with Crippen LogP contribution in [0.15, 0.2) is 16.6 Å². The highest BCUT2D eigenvalue weighted by atomic mass is 79.9. The highest BCUT2D eigenvalue weighted by Gasteiger charge is 2.15. The molecule has 0 heterocycles. The lowest BCUT2D eigenvalue weighted by molar-refractivity contribution is -0.0500. The van der Waals surface area contributed by atoms with Gasteiger partial charge in [0, 0.05) is 10.0 Å². The van der Waals surface area contributed by atoms with Gasteiger partial charge in [-0.1, -0.05) is 0 Å². The number of benzene rings is 1. The maximum atomic E-state index is 12.0. The number of nitriles is 1. The Hall–Kier alpha value is -1.48. The fraction of sp³-hybridized carbons (Fsp3) is 0.200. The van der Waals surface area contributed by atoms with Crippen LogP contribution in [0.2, 0.25) is 0 Å². The summed E-state index contributed by atoms with van der Waals surface area (Å²) in [6.45, 7) is -1.74. The number of halogens is 3. The summed E-state index contributed by atoms with van der Waals surface area (Å²) in [6.07, 6.45) is 0. The second-order valence-corrected chi connectivity index (χ2v) is 3.73. The number of nitrogens with zero attached hydrogens (tertiary/aromatic N) is 1. The zero-order chi connectivity index (χ0) is 12.3. The first-order chi connectivity index (χ1) is 7.45. The Morgan fingerprint density at radius 1 is 1.56 bits per heavy atom. The van der Waals surface area contributed by atoms with Gasteiger partial charge in [0.1, 0.15) is 11.8 Å². The molecule has 1 rings (SSSR count). The van der Waals surface area contributed by atoms with Gasteiger partial charge in [-0.25, -0.2) is 0 Å². The highest BCUT2D eigenvalue weighted by molar-refractivity contribution is 9.10. The van der Waals surface area contributed by atoms with Crippen molar-refractivity contribution in [2.24, 2.45) is 0 Å². The SMILES string of the molecule is CC(=O)c1cc(OC(F)F)c(C#N)cc1Br. The van der Waals surface area contributed by atoms with Crippen molar-refractivity contribution in [3.05, 3.63) is 27.7 Å². The molecule has 0 saturated carbocycles. The van der Waals surface area contributed by atoms with Gasteiger partial charge in [0.05, 0.1) is 5.56 Å². The number of Topliss-reactive ketones (excluding diaryl/α,β-unsaturated/α-hetero) is 1. The Morgan fingerprint density at radius 3 is 2.62 bits per heavy atom. The lowest BCUT2D eigenvalue weighted by Crippen LogP contribution is -2.05. The molecule has 1 aromatic carbocycles. The Balaban J connectivity index is 3.30. The van der Waals surface area contributed by atoms with E-state index in [0.717, 1.165) is 6.07 Å². The van der Waals surface area contributed by atoms with Gasteiger partial charge in [0.25, 0.3) is 0 Å². The Kier molecular flexibility index (Phi) is 3.96. The van der Waals surface area contributed by atoms with Gasteiger partial charge in [-0.3, -0.25) is 4.79 Å². The summed E-state index contributed by atoms with van der Waals surface area (Å²) in [4.78, 5) is 11.1. The van der Waals surface area contributed by atoms with Crippen molar-refractivity contribution >= 4 is 21.7 Å². The maximum Gasteiger partial charge on any atom is 0.387 e. The number of hydrogen-bond acceptors (Lipinski definition) is 3. The van der Waals surface area contributed by atoms with Crippen molar-refractivity contribution in [1.29, 1.82) is 5.26 Å². The van der Waals surface area contributed by atoms with Gasteiger partial charge in [-0.2, -0.15) is 14.0 Å². The van der Waals surface area contributed by atoms with E-state index in [2.05, 4.69) is 20.7 Å². The van der Waals surface area contributed by atoms with Crippen molar-refractivity contribution in [1.82, 2.24) is 0 Å². The van der Waals surface area contributed by atoms with Crippen molar-refractivity contribution in [2.45, 2.75) is 13.5 Å². The highest BCUT2D eigenvalue weighted by Crippen LogP contribution is 2.28. The molecule has 3 nitrogen and oxygen atoms in total. The monoisotopic (exact) mass is 289 g/mol. The third-order valence-corrected chi connectivity index (χ3v) is 2.44. The Bertz CT molecular complexity index is 469. The van der Waals surface area contributed by atoms with Crippen molar-refractivity contribution in [3.8, 4) is 11.8 Å². The summed E-state index contributed by atoms with van der Waals surface area (Å²) in [5.74, 6) is -0.610. The molecular formula is C10H6BrF2NO2. The van der Waals surface area contributed by atoms with Crippen molar-refractivity contribution in [3.63, 3.8) is 0 Å². The van der Waals surface area contributed by atoms with E-state index >= 15 is 0 Å². The minimum absolute atomic E-state index is 0.0582. The molecule has 0 radical (unpaired) electrons. The first-order valence-corrected chi connectivity index (χ1v) is 4.94. The fourth-order valence-corrected chi connectivity index (χ4v) is 1.73. The largest absolute Gasteiger partial charge is 0.433 e. The van der Waals surface area contributed by atoms with E-state index in [9.17, 15) is 13.6 Å². The van der Waals surface area contributed by atoms with Crippen LogP contribution < -0.4 is 4.74 Å². The molecule has 6 heteroatoms. The van der Waals surface area contributed by atoms with Crippen molar-refractivity contribution < 1.29 is 18.3 Å². The molecule has 0 saturated heterocycles. The molecule has 0 amide bonds. The number of ketones is 1. The second-order valence-electron chi connectivity index (χ2n) is 2.87. The van der Waals surface area contributed by atoms with Gasteiger partial charge < -0.3 is 4.74 Å². The van der Waals surface area contributed by atoms with Gasteiger partial charge in [0.15, 0.2) is 5.78 Å². The minimum atomic E-state index is -3.03. The van der Waals surface area contributed by atoms with Crippen LogP contribution >= 0.6 is 15.9 Å². The fourth-order valence-electron chi connectivity index (χ4n) is 1.10. The first-order valence-electron chi connectivity index (χ1n) is 4.15. The van der Waals surface area contributed by atoms with E-state index in [0.29, 0.717) is 4.47 Å². The molecule has 0 aromatic heterocycles. The van der Waals surface area contributed by atoms with E-state index < -0.39 is 6.61 Å². The third-order valence-electron chi connectivity index (χ3n) is 1.79. The predicted molar refractivity (Wildman–Crippen MR) is 55.5 cm³/mol. The number of carbonyl (C=O) groups excluding carboxylic acids is 1. The number of ether oxygens (including phenoxy) is 1. The molecule has 84 valence electrons. The molecule has 0 bridgehead atoms. The van der Waals surface area contributed by atoms with Crippen LogP contribution in [0.4, 0.5) is 8.78 Å². The first kappa shape index (κ1) is 12.6. The van der Waals surface area contributed by atoms with Gasteiger partial charge >= 0.3 is 6.61 Å². The molecular weight excluding hydrogens is 284 g/mol. The summed E-state index contributed by atoms with van der Waals surface area (Å²) >= 11 is 3.07. The average Bonchev–Trinajstić information content (AvgIpc) is 2.18. The van der Waals surface area contributed by atoms with Crippen LogP contribution in [-0.2, 0) is 0 Å². The molecule has 0 aliphatic rings. The molecule has 0 spiro atoms. The molecule has 0 aliphatic heterocycles. The summed E-state index contributed by atoms with van der Waals surface area (Å²) in [5.41, 5.74) is 0.131. The van der Waals surface area contributed by atoms with E-state index in [1.54, 1.807) is 6.07 Å². The van der Waals surface area contributed by atoms with Crippen LogP contribution in [0.1, 0.15) is 22.8 Å². The summed E-state index contributed by atoms with van der Waals surface area (Å²) in [6, 6.07) is 4.10. The van der Waals surface area contributed by atoms with E-state index in [1.807, 2.05) is 0 Å². The lowest BCUT2D eigenvalue weighted by Gasteiger charge is -2.09. The smallest absolute Gasteiger partial charge is 0.387 e. The van der Waals surface area contributed by atoms with Gasteiger partial charge in [0.2, 0.25) is 0 Å². The standard InChI is InChI=1S/C10H6BrF2NO2/c1-5(15)7-3-9(16-10(12)13)6(4-14)2-8(7)11/h2-3,10H,1H3. The van der Waals surface area contributed by atoms with Gasteiger partial charge in [-0.15, -0.1) is 0 Å². The molecule has 1 aromatic rings. The quantitative estimate of drug-likeness (QED) is 0.804. The zero-order valence-corrected chi connectivity index (χ0v) is 9.72. The summed E-state index contributed by atoms with van der Waals surface area (Å²) in [7, 11) is 0. The second kappa shape index (κ2) is 5.03. The summed E-state index contributed by atoms with van der Waals surface area (Å²) in [5, 5.41) is 8.70. The van der Waals surface area contributed by atoms with Crippen LogP contribution in [0, 0.1) is 11.3 Å². The molecule has 0 N–H and O–H groups in total. The van der Waals surface area contributed by atoms with E-state index in [1.165, 1.54) is 13.0 Å². The topological polar surface area (TPSA) is 50.1 Å².